The van der Waals surface area contributed by atoms with Gasteiger partial charge in [0.1, 0.15) is 0 Å². The zero-order chi connectivity index (χ0) is 9.78. The Morgan fingerprint density at radius 2 is 1.83 bits per heavy atom. The van der Waals surface area contributed by atoms with E-state index in [9.17, 15) is 0 Å². The molecule has 72 valence electrons. The lowest BCUT2D eigenvalue weighted by atomic mass is 10.3. The third-order valence-corrected chi connectivity index (χ3v) is 6.03. The summed E-state index contributed by atoms with van der Waals surface area (Å²) in [7, 11) is -1.39. The van der Waals surface area contributed by atoms with Crippen LogP contribution in [0.1, 0.15) is 27.7 Å². The molecular formula is C10H22OSi. The van der Waals surface area contributed by atoms with Crippen LogP contribution in [-0.2, 0) is 4.43 Å². The summed E-state index contributed by atoms with van der Waals surface area (Å²) >= 11 is 0. The zero-order valence-corrected chi connectivity index (χ0v) is 10.3. The van der Waals surface area contributed by atoms with Gasteiger partial charge in [-0.25, -0.2) is 0 Å². The highest BCUT2D eigenvalue weighted by atomic mass is 28.4. The third kappa shape index (κ3) is 4.73. The van der Waals surface area contributed by atoms with Crippen molar-refractivity contribution in [3.05, 3.63) is 11.6 Å². The molecule has 2 heteroatoms. The average Bonchev–Trinajstić information content (AvgIpc) is 1.85. The smallest absolute Gasteiger partial charge is 0.189 e. The van der Waals surface area contributed by atoms with Crippen LogP contribution in [0.15, 0.2) is 11.6 Å². The Kier molecular flexibility index (Phi) is 4.79. The molecule has 0 radical (unpaired) electrons. The Labute approximate surface area is 78.0 Å². The van der Waals surface area contributed by atoms with Crippen LogP contribution in [0.4, 0.5) is 0 Å². The van der Waals surface area contributed by atoms with Gasteiger partial charge in [0, 0.05) is 0 Å². The maximum atomic E-state index is 5.86. The summed E-state index contributed by atoms with van der Waals surface area (Å²) in [5, 5.41) is 0. The lowest BCUT2D eigenvalue weighted by Crippen LogP contribution is -2.33. The normalized spacial score (nSPS) is 11.9. The molecule has 0 aliphatic carbocycles. The summed E-state index contributed by atoms with van der Waals surface area (Å²) in [5.41, 5.74) is 2.03. The summed E-state index contributed by atoms with van der Waals surface area (Å²) in [5.74, 6) is 0. The molecule has 0 rings (SSSR count). The van der Waals surface area contributed by atoms with E-state index < -0.39 is 8.32 Å². The van der Waals surface area contributed by atoms with Crippen molar-refractivity contribution in [3.8, 4) is 0 Å². The first-order chi connectivity index (χ1) is 5.36. The van der Waals surface area contributed by atoms with Gasteiger partial charge < -0.3 is 4.43 Å². The number of allylic oxidation sites excluding steroid dienone is 1. The molecule has 12 heavy (non-hydrogen) atoms. The van der Waals surface area contributed by atoms with Crippen molar-refractivity contribution in [1.29, 1.82) is 0 Å². The van der Waals surface area contributed by atoms with E-state index in [1.807, 2.05) is 0 Å². The Hall–Kier alpha value is -0.0831. The largest absolute Gasteiger partial charge is 0.413 e. The van der Waals surface area contributed by atoms with Gasteiger partial charge in [-0.2, -0.15) is 0 Å². The lowest BCUT2D eigenvalue weighted by molar-refractivity contribution is 0.344. The van der Waals surface area contributed by atoms with E-state index >= 15 is 0 Å². The molecule has 0 bridgehead atoms. The molecule has 0 aromatic heterocycles. The van der Waals surface area contributed by atoms with E-state index in [1.54, 1.807) is 0 Å². The predicted molar refractivity (Wildman–Crippen MR) is 58.0 cm³/mol. The fourth-order valence-electron chi connectivity index (χ4n) is 0.590. The first-order valence-electron chi connectivity index (χ1n) is 4.63. The van der Waals surface area contributed by atoms with Gasteiger partial charge in [-0.05, 0) is 32.5 Å². The van der Waals surface area contributed by atoms with Crippen molar-refractivity contribution in [2.75, 3.05) is 6.61 Å². The number of hydrogen-bond donors (Lipinski definition) is 0. The number of rotatable bonds is 4. The highest BCUT2D eigenvalue weighted by molar-refractivity contribution is 6.72. The van der Waals surface area contributed by atoms with Gasteiger partial charge >= 0.3 is 0 Å². The molecule has 0 spiro atoms. The van der Waals surface area contributed by atoms with Crippen molar-refractivity contribution < 1.29 is 4.43 Å². The van der Waals surface area contributed by atoms with Gasteiger partial charge in [-0.1, -0.05) is 25.5 Å². The molecule has 0 amide bonds. The maximum Gasteiger partial charge on any atom is 0.189 e. The maximum absolute atomic E-state index is 5.86. The summed E-state index contributed by atoms with van der Waals surface area (Å²) < 4.78 is 5.86. The second-order valence-corrected chi connectivity index (χ2v) is 9.00. The van der Waals surface area contributed by atoms with E-state index in [0.29, 0.717) is 5.54 Å². The molecule has 0 saturated heterocycles. The van der Waals surface area contributed by atoms with Crippen LogP contribution in [0, 0.1) is 0 Å². The van der Waals surface area contributed by atoms with E-state index in [1.165, 1.54) is 5.57 Å². The third-order valence-electron chi connectivity index (χ3n) is 2.34. The second-order valence-electron chi connectivity index (χ2n) is 4.35. The van der Waals surface area contributed by atoms with Gasteiger partial charge in [-0.3, -0.25) is 0 Å². The molecule has 0 saturated carbocycles. The predicted octanol–water partition coefficient (Wildman–Crippen LogP) is 3.58. The Morgan fingerprint density at radius 1 is 1.33 bits per heavy atom. The topological polar surface area (TPSA) is 9.23 Å². The first kappa shape index (κ1) is 11.9. The van der Waals surface area contributed by atoms with Crippen LogP contribution in [0.3, 0.4) is 0 Å². The van der Waals surface area contributed by atoms with Gasteiger partial charge in [0.25, 0.3) is 0 Å². The molecule has 0 aliphatic rings. The highest BCUT2D eigenvalue weighted by Gasteiger charge is 2.25. The van der Waals surface area contributed by atoms with Crippen molar-refractivity contribution in [2.45, 2.75) is 46.3 Å². The minimum absolute atomic E-state index is 0.697. The lowest BCUT2D eigenvalue weighted by Gasteiger charge is -2.26. The fraction of sp³-hybridized carbons (Fsp3) is 0.800. The van der Waals surface area contributed by atoms with Gasteiger partial charge in [-0.15, -0.1) is 0 Å². The van der Waals surface area contributed by atoms with Gasteiger partial charge in [0.05, 0.1) is 6.61 Å². The molecule has 0 aromatic rings. The highest BCUT2D eigenvalue weighted by Crippen LogP contribution is 2.21. The quantitative estimate of drug-likeness (QED) is 0.481. The van der Waals surface area contributed by atoms with Crippen molar-refractivity contribution in [3.63, 3.8) is 0 Å². The summed E-state index contributed by atoms with van der Waals surface area (Å²) in [6.45, 7) is 14.0. The molecule has 0 unspecified atom stereocenters. The molecule has 0 fully saturated rings. The number of hydrogen-bond acceptors (Lipinski definition) is 1. The molecule has 1 nitrogen and oxygen atoms in total. The molecule has 0 aliphatic heterocycles. The van der Waals surface area contributed by atoms with Gasteiger partial charge in [0.15, 0.2) is 8.32 Å². The van der Waals surface area contributed by atoms with Crippen LogP contribution in [0.25, 0.3) is 0 Å². The second kappa shape index (κ2) is 4.82. The summed E-state index contributed by atoms with van der Waals surface area (Å²) in [6.07, 6.45) is 2.15. The van der Waals surface area contributed by atoms with E-state index in [0.717, 1.165) is 6.61 Å². The van der Waals surface area contributed by atoms with Crippen LogP contribution in [0.5, 0.6) is 0 Å². The summed E-state index contributed by atoms with van der Waals surface area (Å²) in [4.78, 5) is 0. The first-order valence-corrected chi connectivity index (χ1v) is 7.62. The molecule has 0 heterocycles. The van der Waals surface area contributed by atoms with Crippen molar-refractivity contribution >= 4 is 8.32 Å². The average molecular weight is 186 g/mol. The molecule has 0 aromatic carbocycles. The van der Waals surface area contributed by atoms with Crippen LogP contribution < -0.4 is 0 Å². The standard InChI is InChI=1S/C10H22OSi/c1-9(2)7-8-11-12(5,6)10(3)4/h7,10H,8H2,1-6H3. The Bertz CT molecular complexity index is 155. The SMILES string of the molecule is CC(C)=CCO[Si](C)(C)C(C)C. The van der Waals surface area contributed by atoms with Crippen LogP contribution in [0.2, 0.25) is 18.6 Å². The van der Waals surface area contributed by atoms with Crippen LogP contribution in [-0.4, -0.2) is 14.9 Å². The Morgan fingerprint density at radius 3 is 2.17 bits per heavy atom. The molecular weight excluding hydrogens is 164 g/mol. The van der Waals surface area contributed by atoms with Gasteiger partial charge in [0.2, 0.25) is 0 Å². The molecule has 0 N–H and O–H groups in total. The Balaban J connectivity index is 3.84. The minimum Gasteiger partial charge on any atom is -0.413 e. The van der Waals surface area contributed by atoms with E-state index in [4.69, 9.17) is 4.43 Å². The zero-order valence-electron chi connectivity index (χ0n) is 9.27. The monoisotopic (exact) mass is 186 g/mol. The van der Waals surface area contributed by atoms with Crippen LogP contribution >= 0.6 is 0 Å². The van der Waals surface area contributed by atoms with E-state index in [-0.39, 0.29) is 0 Å². The van der Waals surface area contributed by atoms with Crippen molar-refractivity contribution in [1.82, 2.24) is 0 Å². The summed E-state index contributed by atoms with van der Waals surface area (Å²) in [6, 6.07) is 0. The fourth-order valence-corrected chi connectivity index (χ4v) is 1.44. The molecule has 0 atom stereocenters. The van der Waals surface area contributed by atoms with E-state index in [2.05, 4.69) is 46.9 Å². The minimum atomic E-state index is -1.39. The van der Waals surface area contributed by atoms with Crippen molar-refractivity contribution in [2.24, 2.45) is 0 Å².